The second kappa shape index (κ2) is 13.1. The zero-order valence-corrected chi connectivity index (χ0v) is 15.9. The molecule has 0 saturated heterocycles. The fourth-order valence-corrected chi connectivity index (χ4v) is 1.73. The molecule has 8 heteroatoms. The average molecular weight is 436 g/mol. The Morgan fingerprint density at radius 2 is 1.91 bits per heavy atom. The summed E-state index contributed by atoms with van der Waals surface area (Å²) < 4.78 is 5.01. The van der Waals surface area contributed by atoms with E-state index in [1.54, 1.807) is 19.2 Å². The van der Waals surface area contributed by atoms with Gasteiger partial charge in [-0.1, -0.05) is 19.1 Å². The summed E-state index contributed by atoms with van der Waals surface area (Å²) in [5, 5.41) is 17.1. The van der Waals surface area contributed by atoms with Gasteiger partial charge in [0.15, 0.2) is 5.96 Å². The Bertz CT molecular complexity index is 480. The number of nitro groups is 1. The Kier molecular flexibility index (Phi) is 12.3. The van der Waals surface area contributed by atoms with Gasteiger partial charge in [-0.05, 0) is 18.4 Å². The summed E-state index contributed by atoms with van der Waals surface area (Å²) in [4.78, 5) is 14.7. The third kappa shape index (κ3) is 9.34. The second-order valence-corrected chi connectivity index (χ2v) is 4.79. The fraction of sp³-hybridized carbons (Fsp3) is 0.533. The number of rotatable bonds is 9. The zero-order valence-electron chi connectivity index (χ0n) is 13.6. The van der Waals surface area contributed by atoms with Crippen LogP contribution in [-0.2, 0) is 11.3 Å². The fourth-order valence-electron chi connectivity index (χ4n) is 1.73. The van der Waals surface area contributed by atoms with Crippen LogP contribution < -0.4 is 10.6 Å². The van der Waals surface area contributed by atoms with Gasteiger partial charge in [-0.25, -0.2) is 4.99 Å². The van der Waals surface area contributed by atoms with E-state index >= 15 is 0 Å². The van der Waals surface area contributed by atoms with Crippen LogP contribution >= 0.6 is 24.0 Å². The maximum absolute atomic E-state index is 10.6. The van der Waals surface area contributed by atoms with E-state index in [0.29, 0.717) is 13.2 Å². The second-order valence-electron chi connectivity index (χ2n) is 4.79. The molecule has 0 radical (unpaired) electrons. The first-order chi connectivity index (χ1) is 10.7. The number of aliphatic imine (C=N–C) groups is 1. The standard InChI is InChI=1S/C15H24N4O3.HI/c1-3-9-16-15(17-10-4-11-22-2)18-12-13-5-7-14(8-6-13)19(20)21;/h5-8H,3-4,9-12H2,1-2H3,(H2,16,17,18);1H. The van der Waals surface area contributed by atoms with Gasteiger partial charge in [0.2, 0.25) is 0 Å². The number of benzene rings is 1. The Balaban J connectivity index is 0.00000484. The Labute approximate surface area is 154 Å². The lowest BCUT2D eigenvalue weighted by molar-refractivity contribution is -0.384. The first-order valence-electron chi connectivity index (χ1n) is 7.41. The molecule has 130 valence electrons. The monoisotopic (exact) mass is 436 g/mol. The molecule has 0 saturated carbocycles. The van der Waals surface area contributed by atoms with Crippen LogP contribution in [0.4, 0.5) is 5.69 Å². The Hall–Kier alpha value is -1.42. The van der Waals surface area contributed by atoms with Crippen molar-refractivity contribution in [1.29, 1.82) is 0 Å². The van der Waals surface area contributed by atoms with Gasteiger partial charge >= 0.3 is 0 Å². The number of nitrogens with zero attached hydrogens (tertiary/aromatic N) is 2. The molecule has 1 rings (SSSR count). The average Bonchev–Trinajstić information content (AvgIpc) is 2.53. The van der Waals surface area contributed by atoms with Crippen molar-refractivity contribution in [2.45, 2.75) is 26.3 Å². The van der Waals surface area contributed by atoms with E-state index in [4.69, 9.17) is 4.74 Å². The van der Waals surface area contributed by atoms with Crippen LogP contribution in [-0.4, -0.2) is 37.7 Å². The summed E-state index contributed by atoms with van der Waals surface area (Å²) in [6.45, 7) is 4.89. The lowest BCUT2D eigenvalue weighted by atomic mass is 10.2. The van der Waals surface area contributed by atoms with Gasteiger partial charge in [-0.15, -0.1) is 24.0 Å². The first-order valence-corrected chi connectivity index (χ1v) is 7.41. The Morgan fingerprint density at radius 1 is 1.26 bits per heavy atom. The number of hydrogen-bond donors (Lipinski definition) is 2. The molecular formula is C15H25IN4O3. The minimum Gasteiger partial charge on any atom is -0.385 e. The predicted octanol–water partition coefficient (Wildman–Crippen LogP) is 2.69. The highest BCUT2D eigenvalue weighted by molar-refractivity contribution is 14.0. The molecule has 0 aromatic heterocycles. The molecule has 0 bridgehead atoms. The number of hydrogen-bond acceptors (Lipinski definition) is 4. The van der Waals surface area contributed by atoms with E-state index in [2.05, 4.69) is 22.5 Å². The number of guanidine groups is 1. The molecular weight excluding hydrogens is 411 g/mol. The van der Waals surface area contributed by atoms with Crippen molar-refractivity contribution in [2.75, 3.05) is 26.8 Å². The van der Waals surface area contributed by atoms with Gasteiger partial charge in [-0.2, -0.15) is 0 Å². The molecule has 0 amide bonds. The van der Waals surface area contributed by atoms with E-state index in [0.717, 1.165) is 37.5 Å². The van der Waals surface area contributed by atoms with E-state index in [1.807, 2.05) is 0 Å². The maximum Gasteiger partial charge on any atom is 0.269 e. The third-order valence-corrected chi connectivity index (χ3v) is 2.93. The van der Waals surface area contributed by atoms with Crippen LogP contribution in [0.3, 0.4) is 0 Å². The molecule has 0 heterocycles. The summed E-state index contributed by atoms with van der Waals surface area (Å²) in [6, 6.07) is 6.44. The summed E-state index contributed by atoms with van der Waals surface area (Å²) in [5.41, 5.74) is 1.02. The van der Waals surface area contributed by atoms with Crippen molar-refractivity contribution >= 4 is 35.6 Å². The third-order valence-electron chi connectivity index (χ3n) is 2.93. The molecule has 0 aliphatic heterocycles. The molecule has 1 aromatic rings. The molecule has 0 aliphatic carbocycles. The van der Waals surface area contributed by atoms with E-state index in [1.165, 1.54) is 12.1 Å². The topological polar surface area (TPSA) is 88.8 Å². The molecule has 7 nitrogen and oxygen atoms in total. The highest BCUT2D eigenvalue weighted by Gasteiger charge is 2.04. The molecule has 1 aromatic carbocycles. The van der Waals surface area contributed by atoms with Crippen LogP contribution in [0.1, 0.15) is 25.3 Å². The number of nitro benzene ring substituents is 1. The van der Waals surface area contributed by atoms with Crippen molar-refractivity contribution in [3.63, 3.8) is 0 Å². The van der Waals surface area contributed by atoms with Crippen LogP contribution in [0, 0.1) is 10.1 Å². The summed E-state index contributed by atoms with van der Waals surface area (Å²) in [6.07, 6.45) is 1.91. The van der Waals surface area contributed by atoms with Gasteiger partial charge < -0.3 is 15.4 Å². The molecule has 23 heavy (non-hydrogen) atoms. The molecule has 0 aliphatic rings. The number of ether oxygens (including phenoxy) is 1. The van der Waals surface area contributed by atoms with E-state index < -0.39 is 4.92 Å². The van der Waals surface area contributed by atoms with Gasteiger partial charge in [0.25, 0.3) is 5.69 Å². The van der Waals surface area contributed by atoms with Crippen LogP contribution in [0.2, 0.25) is 0 Å². The SMILES string of the molecule is CCCNC(=NCc1ccc([N+](=O)[O-])cc1)NCCCOC.I. The normalized spacial score (nSPS) is 10.8. The van der Waals surface area contributed by atoms with Crippen molar-refractivity contribution in [2.24, 2.45) is 4.99 Å². The molecule has 0 atom stereocenters. The summed E-state index contributed by atoms with van der Waals surface area (Å²) in [7, 11) is 1.68. The van der Waals surface area contributed by atoms with Gasteiger partial charge in [0.1, 0.15) is 0 Å². The molecule has 0 spiro atoms. The van der Waals surface area contributed by atoms with Crippen molar-refractivity contribution in [3.8, 4) is 0 Å². The van der Waals surface area contributed by atoms with Crippen molar-refractivity contribution in [3.05, 3.63) is 39.9 Å². The highest BCUT2D eigenvalue weighted by Crippen LogP contribution is 2.12. The number of methoxy groups -OCH3 is 1. The lowest BCUT2D eigenvalue weighted by Gasteiger charge is -2.11. The van der Waals surface area contributed by atoms with Crippen molar-refractivity contribution in [1.82, 2.24) is 10.6 Å². The summed E-state index contributed by atoms with van der Waals surface area (Å²) in [5.74, 6) is 0.747. The highest BCUT2D eigenvalue weighted by atomic mass is 127. The molecule has 0 unspecified atom stereocenters. The minimum atomic E-state index is -0.404. The maximum atomic E-state index is 10.6. The van der Waals surface area contributed by atoms with E-state index in [-0.39, 0.29) is 29.7 Å². The van der Waals surface area contributed by atoms with Crippen LogP contribution in [0.15, 0.2) is 29.3 Å². The lowest BCUT2D eigenvalue weighted by Crippen LogP contribution is -2.38. The summed E-state index contributed by atoms with van der Waals surface area (Å²) >= 11 is 0. The minimum absolute atomic E-state index is 0. The largest absolute Gasteiger partial charge is 0.385 e. The van der Waals surface area contributed by atoms with Crippen molar-refractivity contribution < 1.29 is 9.66 Å². The number of non-ortho nitro benzene ring substituents is 1. The van der Waals surface area contributed by atoms with Gasteiger partial charge in [0.05, 0.1) is 11.5 Å². The quantitative estimate of drug-likeness (QED) is 0.155. The smallest absolute Gasteiger partial charge is 0.269 e. The van der Waals surface area contributed by atoms with Crippen LogP contribution in [0.25, 0.3) is 0 Å². The first kappa shape index (κ1) is 21.6. The Morgan fingerprint density at radius 3 is 2.48 bits per heavy atom. The molecule has 0 fully saturated rings. The van der Waals surface area contributed by atoms with E-state index in [9.17, 15) is 10.1 Å². The number of nitrogens with one attached hydrogen (secondary N) is 2. The van der Waals surface area contributed by atoms with Crippen LogP contribution in [0.5, 0.6) is 0 Å². The number of halogens is 1. The molecule has 2 N–H and O–H groups in total. The zero-order chi connectivity index (χ0) is 16.2. The van der Waals surface area contributed by atoms with Gasteiger partial charge in [0, 0.05) is 38.9 Å². The van der Waals surface area contributed by atoms with Gasteiger partial charge in [-0.3, -0.25) is 10.1 Å². The predicted molar refractivity (Wildman–Crippen MR) is 102 cm³/mol.